The van der Waals surface area contributed by atoms with Gasteiger partial charge in [-0.05, 0) is 48.9 Å². The summed E-state index contributed by atoms with van der Waals surface area (Å²) >= 11 is 0. The fraction of sp³-hybridized carbons (Fsp3) is 0.300. The van der Waals surface area contributed by atoms with Crippen LogP contribution in [0, 0.1) is 6.92 Å². The van der Waals surface area contributed by atoms with E-state index in [2.05, 4.69) is 10.6 Å². The van der Waals surface area contributed by atoms with Crippen LogP contribution in [0.15, 0.2) is 47.4 Å². The van der Waals surface area contributed by atoms with Crippen LogP contribution >= 0.6 is 0 Å². The van der Waals surface area contributed by atoms with Crippen molar-refractivity contribution in [2.45, 2.75) is 32.6 Å². The predicted molar refractivity (Wildman–Crippen MR) is 110 cm³/mol. The first kappa shape index (κ1) is 21.6. The van der Waals surface area contributed by atoms with Gasteiger partial charge in [-0.1, -0.05) is 19.9 Å². The van der Waals surface area contributed by atoms with Crippen molar-refractivity contribution in [2.24, 2.45) is 0 Å². The lowest BCUT2D eigenvalue weighted by Crippen LogP contribution is -2.30. The third-order valence-electron chi connectivity index (χ3n) is 4.23. The molecule has 0 spiro atoms. The van der Waals surface area contributed by atoms with Gasteiger partial charge in [0.05, 0.1) is 4.90 Å². The molecule has 0 aliphatic carbocycles. The van der Waals surface area contributed by atoms with Crippen LogP contribution < -0.4 is 10.6 Å². The number of carbonyl (C=O) groups excluding carboxylic acids is 2. The average Bonchev–Trinajstić information content (AvgIpc) is 2.64. The molecule has 7 nitrogen and oxygen atoms in total. The summed E-state index contributed by atoms with van der Waals surface area (Å²) in [6.07, 6.45) is 0. The molecule has 2 amide bonds. The predicted octanol–water partition coefficient (Wildman–Crippen LogP) is 3.24. The number of hydrogen-bond donors (Lipinski definition) is 2. The highest BCUT2D eigenvalue weighted by molar-refractivity contribution is 7.89. The molecule has 0 radical (unpaired) electrons. The van der Waals surface area contributed by atoms with E-state index in [9.17, 15) is 18.0 Å². The van der Waals surface area contributed by atoms with Gasteiger partial charge < -0.3 is 10.6 Å². The molecule has 150 valence electrons. The molecule has 2 aromatic carbocycles. The second kappa shape index (κ2) is 8.99. The van der Waals surface area contributed by atoms with E-state index in [1.54, 1.807) is 44.2 Å². The fourth-order valence-corrected chi connectivity index (χ4v) is 4.29. The molecule has 0 unspecified atom stereocenters. The maximum absolute atomic E-state index is 12.7. The highest BCUT2D eigenvalue weighted by Gasteiger charge is 2.22. The monoisotopic (exact) mass is 403 g/mol. The van der Waals surface area contributed by atoms with Gasteiger partial charge in [0.25, 0.3) is 5.91 Å². The first-order valence-corrected chi connectivity index (χ1v) is 10.4. The lowest BCUT2D eigenvalue weighted by molar-refractivity contribution is -0.114. The van der Waals surface area contributed by atoms with Crippen molar-refractivity contribution in [3.05, 3.63) is 53.6 Å². The van der Waals surface area contributed by atoms with Crippen LogP contribution in [0.2, 0.25) is 0 Å². The van der Waals surface area contributed by atoms with Crippen molar-refractivity contribution in [3.63, 3.8) is 0 Å². The number of nitrogens with zero attached hydrogens (tertiary/aromatic N) is 1. The molecule has 28 heavy (non-hydrogen) atoms. The quantitative estimate of drug-likeness (QED) is 0.742. The molecule has 2 rings (SSSR count). The minimum atomic E-state index is -3.64. The highest BCUT2D eigenvalue weighted by atomic mass is 32.2. The van der Waals surface area contributed by atoms with Crippen molar-refractivity contribution in [2.75, 3.05) is 23.7 Å². The smallest absolute Gasteiger partial charge is 0.255 e. The molecule has 0 aliphatic rings. The zero-order chi connectivity index (χ0) is 20.9. The number of hydrogen-bond acceptors (Lipinski definition) is 4. The Labute approximate surface area is 165 Å². The third kappa shape index (κ3) is 4.96. The summed E-state index contributed by atoms with van der Waals surface area (Å²) in [7, 11) is -3.64. The maximum atomic E-state index is 12.7. The number of nitrogens with one attached hydrogen (secondary N) is 2. The van der Waals surface area contributed by atoms with E-state index >= 15 is 0 Å². The summed E-state index contributed by atoms with van der Waals surface area (Å²) in [5.74, 6) is -0.589. The minimum Gasteiger partial charge on any atom is -0.326 e. The second-order valence-electron chi connectivity index (χ2n) is 6.28. The standard InChI is InChI=1S/C20H25N3O4S/c1-5-23(6-2)28(26,27)18-9-7-8-16(13-18)20(25)22-17-10-11-19(14(3)12-17)21-15(4)24/h7-13H,5-6H2,1-4H3,(H,21,24)(H,22,25). The third-order valence-corrected chi connectivity index (χ3v) is 6.28. The summed E-state index contributed by atoms with van der Waals surface area (Å²) in [5, 5.41) is 5.46. The van der Waals surface area contributed by atoms with Crippen LogP contribution in [0.4, 0.5) is 11.4 Å². The van der Waals surface area contributed by atoms with E-state index in [0.717, 1.165) is 5.56 Å². The van der Waals surface area contributed by atoms with E-state index in [4.69, 9.17) is 0 Å². The van der Waals surface area contributed by atoms with Crippen LogP contribution in [0.1, 0.15) is 36.7 Å². The Morgan fingerprint density at radius 3 is 2.25 bits per heavy atom. The lowest BCUT2D eigenvalue weighted by atomic mass is 10.1. The second-order valence-corrected chi connectivity index (χ2v) is 8.22. The van der Waals surface area contributed by atoms with Crippen molar-refractivity contribution < 1.29 is 18.0 Å². The molecule has 0 aromatic heterocycles. The molecule has 0 saturated heterocycles. The van der Waals surface area contributed by atoms with Crippen LogP contribution in [0.5, 0.6) is 0 Å². The van der Waals surface area contributed by atoms with E-state index in [-0.39, 0.29) is 16.4 Å². The van der Waals surface area contributed by atoms with E-state index in [0.29, 0.717) is 24.5 Å². The van der Waals surface area contributed by atoms with E-state index in [1.165, 1.54) is 23.4 Å². The molecule has 0 atom stereocenters. The van der Waals surface area contributed by atoms with Gasteiger partial charge in [0.1, 0.15) is 0 Å². The van der Waals surface area contributed by atoms with Crippen LogP contribution in [-0.4, -0.2) is 37.6 Å². The largest absolute Gasteiger partial charge is 0.326 e. The van der Waals surface area contributed by atoms with E-state index < -0.39 is 15.9 Å². The summed E-state index contributed by atoms with van der Waals surface area (Å²) in [4.78, 5) is 23.9. The van der Waals surface area contributed by atoms with Gasteiger partial charge in [-0.2, -0.15) is 4.31 Å². The first-order chi connectivity index (χ1) is 13.2. The molecule has 0 heterocycles. The molecular formula is C20H25N3O4S. The van der Waals surface area contributed by atoms with Gasteiger partial charge in [0, 0.05) is 37.0 Å². The van der Waals surface area contributed by atoms with Crippen LogP contribution in [0.25, 0.3) is 0 Å². The average molecular weight is 404 g/mol. The number of sulfonamides is 1. The Bertz CT molecular complexity index is 983. The number of carbonyl (C=O) groups is 2. The van der Waals surface area contributed by atoms with E-state index in [1.807, 2.05) is 6.92 Å². The maximum Gasteiger partial charge on any atom is 0.255 e. The van der Waals surface area contributed by atoms with Crippen molar-refractivity contribution >= 4 is 33.2 Å². The van der Waals surface area contributed by atoms with Gasteiger partial charge in [0.15, 0.2) is 0 Å². The van der Waals surface area contributed by atoms with Gasteiger partial charge in [-0.25, -0.2) is 8.42 Å². The molecule has 0 aliphatic heterocycles. The molecule has 2 aromatic rings. The Morgan fingerprint density at radius 1 is 1.00 bits per heavy atom. The molecular weight excluding hydrogens is 378 g/mol. The topological polar surface area (TPSA) is 95.6 Å². The Balaban J connectivity index is 2.24. The first-order valence-electron chi connectivity index (χ1n) is 8.98. The van der Waals surface area contributed by atoms with Crippen molar-refractivity contribution in [1.29, 1.82) is 0 Å². The zero-order valence-electron chi connectivity index (χ0n) is 16.4. The van der Waals surface area contributed by atoms with Gasteiger partial charge in [-0.15, -0.1) is 0 Å². The van der Waals surface area contributed by atoms with Crippen LogP contribution in [0.3, 0.4) is 0 Å². The van der Waals surface area contributed by atoms with Crippen LogP contribution in [-0.2, 0) is 14.8 Å². The number of benzene rings is 2. The molecule has 2 N–H and O–H groups in total. The van der Waals surface area contributed by atoms with Gasteiger partial charge in [-0.3, -0.25) is 9.59 Å². The van der Waals surface area contributed by atoms with Gasteiger partial charge in [0.2, 0.25) is 15.9 Å². The molecule has 0 fully saturated rings. The lowest BCUT2D eigenvalue weighted by Gasteiger charge is -2.18. The number of anilines is 2. The number of aryl methyl sites for hydroxylation is 1. The highest BCUT2D eigenvalue weighted by Crippen LogP contribution is 2.21. The Morgan fingerprint density at radius 2 is 1.68 bits per heavy atom. The summed E-state index contributed by atoms with van der Waals surface area (Å²) in [6.45, 7) is 7.49. The summed E-state index contributed by atoms with van der Waals surface area (Å²) in [6, 6.07) is 11.1. The summed E-state index contributed by atoms with van der Waals surface area (Å²) in [5.41, 5.74) is 2.26. The van der Waals surface area contributed by atoms with Crippen molar-refractivity contribution in [3.8, 4) is 0 Å². The van der Waals surface area contributed by atoms with Crippen molar-refractivity contribution in [1.82, 2.24) is 4.31 Å². The number of amides is 2. The Kier molecular flexibility index (Phi) is 6.93. The fourth-order valence-electron chi connectivity index (χ4n) is 2.78. The number of rotatable bonds is 7. The van der Waals surface area contributed by atoms with Gasteiger partial charge >= 0.3 is 0 Å². The normalized spacial score (nSPS) is 11.3. The minimum absolute atomic E-state index is 0.0843. The summed E-state index contributed by atoms with van der Waals surface area (Å²) < 4.78 is 26.7. The Hall–Kier alpha value is -2.71. The SMILES string of the molecule is CCN(CC)S(=O)(=O)c1cccc(C(=O)Nc2ccc(NC(C)=O)c(C)c2)c1. The molecule has 8 heteroatoms. The zero-order valence-corrected chi connectivity index (χ0v) is 17.3. The molecule has 0 bridgehead atoms. The molecule has 0 saturated carbocycles.